The molecule has 1 aromatic carbocycles. The van der Waals surface area contributed by atoms with Gasteiger partial charge in [-0.2, -0.15) is 0 Å². The largest absolute Gasteiger partial charge is 0.387 e. The Hall–Kier alpha value is -0.320. The molecule has 0 aliphatic carbocycles. The Balaban J connectivity index is 2.03. The van der Waals surface area contributed by atoms with Gasteiger partial charge < -0.3 is 10.4 Å². The molecule has 3 nitrogen and oxygen atoms in total. The summed E-state index contributed by atoms with van der Waals surface area (Å²) in [7, 11) is 0. The highest BCUT2D eigenvalue weighted by Crippen LogP contribution is 2.30. The van der Waals surface area contributed by atoms with Crippen LogP contribution in [-0.2, 0) is 0 Å². The van der Waals surface area contributed by atoms with Crippen molar-refractivity contribution < 1.29 is 5.11 Å². The van der Waals surface area contributed by atoms with Gasteiger partial charge in [-0.3, -0.25) is 4.90 Å². The first-order valence-corrected chi connectivity index (χ1v) is 6.49. The zero-order chi connectivity index (χ0) is 12.3. The van der Waals surface area contributed by atoms with E-state index in [-0.39, 0.29) is 0 Å². The maximum absolute atomic E-state index is 10.2. The molecule has 1 aliphatic heterocycles. The van der Waals surface area contributed by atoms with Crippen LogP contribution in [0.1, 0.15) is 11.7 Å². The van der Waals surface area contributed by atoms with Gasteiger partial charge in [0.05, 0.1) is 16.1 Å². The maximum Gasteiger partial charge on any atom is 0.0931 e. The molecule has 0 bridgehead atoms. The van der Waals surface area contributed by atoms with Crippen molar-refractivity contribution >= 4 is 23.2 Å². The number of nitrogens with zero attached hydrogens (tertiary/aromatic N) is 1. The zero-order valence-electron chi connectivity index (χ0n) is 9.50. The van der Waals surface area contributed by atoms with Crippen LogP contribution in [0.4, 0.5) is 0 Å². The molecule has 17 heavy (non-hydrogen) atoms. The van der Waals surface area contributed by atoms with E-state index in [1.165, 1.54) is 0 Å². The average molecular weight is 275 g/mol. The second-order valence-electron chi connectivity index (χ2n) is 4.21. The summed E-state index contributed by atoms with van der Waals surface area (Å²) >= 11 is 12.0. The van der Waals surface area contributed by atoms with Crippen molar-refractivity contribution in [2.24, 2.45) is 0 Å². The molecule has 0 spiro atoms. The van der Waals surface area contributed by atoms with Gasteiger partial charge in [0.2, 0.25) is 0 Å². The fourth-order valence-electron chi connectivity index (χ4n) is 2.01. The van der Waals surface area contributed by atoms with Crippen LogP contribution in [0.15, 0.2) is 18.2 Å². The van der Waals surface area contributed by atoms with E-state index < -0.39 is 6.10 Å². The number of hydrogen-bond donors (Lipinski definition) is 2. The van der Waals surface area contributed by atoms with Gasteiger partial charge in [-0.15, -0.1) is 0 Å². The quantitative estimate of drug-likeness (QED) is 0.884. The van der Waals surface area contributed by atoms with Crippen molar-refractivity contribution in [3.05, 3.63) is 33.8 Å². The number of hydrogen-bond acceptors (Lipinski definition) is 3. The Bertz CT molecular complexity index is 381. The smallest absolute Gasteiger partial charge is 0.0931 e. The molecule has 0 amide bonds. The SMILES string of the molecule is OC(CN1CCNCC1)c1cccc(Cl)c1Cl. The van der Waals surface area contributed by atoms with E-state index in [0.717, 1.165) is 26.2 Å². The fraction of sp³-hybridized carbons (Fsp3) is 0.500. The first-order valence-electron chi connectivity index (χ1n) is 5.73. The fourth-order valence-corrected chi connectivity index (χ4v) is 2.45. The Labute approximate surface area is 111 Å². The summed E-state index contributed by atoms with van der Waals surface area (Å²) in [6, 6.07) is 5.36. The van der Waals surface area contributed by atoms with Crippen molar-refractivity contribution in [2.75, 3.05) is 32.7 Å². The minimum absolute atomic E-state index is 0.455. The molecule has 94 valence electrons. The van der Waals surface area contributed by atoms with Gasteiger partial charge in [-0.1, -0.05) is 35.3 Å². The standard InChI is InChI=1S/C12H16Cl2N2O/c13-10-3-1-2-9(12(10)14)11(17)8-16-6-4-15-5-7-16/h1-3,11,15,17H,4-8H2. The van der Waals surface area contributed by atoms with Crippen LogP contribution in [0.5, 0.6) is 0 Å². The predicted octanol–water partition coefficient (Wildman–Crippen LogP) is 1.93. The van der Waals surface area contributed by atoms with Crippen LogP contribution < -0.4 is 5.32 Å². The third kappa shape index (κ3) is 3.33. The summed E-state index contributed by atoms with van der Waals surface area (Å²) in [5, 5.41) is 14.4. The minimum atomic E-state index is -0.584. The van der Waals surface area contributed by atoms with Crippen molar-refractivity contribution in [1.82, 2.24) is 10.2 Å². The number of halogens is 2. The Morgan fingerprint density at radius 2 is 2.00 bits per heavy atom. The summed E-state index contributed by atoms with van der Waals surface area (Å²) < 4.78 is 0. The highest BCUT2D eigenvalue weighted by atomic mass is 35.5. The van der Waals surface area contributed by atoms with E-state index >= 15 is 0 Å². The molecule has 2 rings (SSSR count). The second kappa shape index (κ2) is 6.03. The highest BCUT2D eigenvalue weighted by molar-refractivity contribution is 6.42. The lowest BCUT2D eigenvalue weighted by Crippen LogP contribution is -2.45. The first kappa shape index (κ1) is 13.1. The molecular formula is C12H16Cl2N2O. The Morgan fingerprint density at radius 3 is 2.71 bits per heavy atom. The molecular weight excluding hydrogens is 259 g/mol. The number of rotatable bonds is 3. The lowest BCUT2D eigenvalue weighted by Gasteiger charge is -2.29. The molecule has 1 atom stereocenters. The van der Waals surface area contributed by atoms with Crippen LogP contribution in [-0.4, -0.2) is 42.7 Å². The summed E-state index contributed by atoms with van der Waals surface area (Å²) in [5.74, 6) is 0. The number of nitrogens with one attached hydrogen (secondary N) is 1. The molecule has 1 heterocycles. The zero-order valence-corrected chi connectivity index (χ0v) is 11.0. The summed E-state index contributed by atoms with van der Waals surface area (Å²) in [6.07, 6.45) is -0.584. The van der Waals surface area contributed by atoms with E-state index in [9.17, 15) is 5.11 Å². The number of benzene rings is 1. The number of piperazine rings is 1. The van der Waals surface area contributed by atoms with Gasteiger partial charge in [-0.25, -0.2) is 0 Å². The van der Waals surface area contributed by atoms with Crippen LogP contribution >= 0.6 is 23.2 Å². The topological polar surface area (TPSA) is 35.5 Å². The molecule has 0 radical (unpaired) electrons. The first-order chi connectivity index (χ1) is 8.18. The molecule has 0 saturated carbocycles. The Kier molecular flexibility index (Phi) is 4.65. The van der Waals surface area contributed by atoms with E-state index in [1.54, 1.807) is 6.07 Å². The molecule has 1 unspecified atom stereocenters. The van der Waals surface area contributed by atoms with Crippen LogP contribution in [0.2, 0.25) is 10.0 Å². The summed E-state index contributed by atoms with van der Waals surface area (Å²) in [4.78, 5) is 2.22. The van der Waals surface area contributed by atoms with Crippen molar-refractivity contribution in [2.45, 2.75) is 6.10 Å². The lowest BCUT2D eigenvalue weighted by molar-refractivity contribution is 0.106. The van der Waals surface area contributed by atoms with Crippen molar-refractivity contribution in [3.63, 3.8) is 0 Å². The normalized spacial score (nSPS) is 19.2. The van der Waals surface area contributed by atoms with E-state index in [2.05, 4.69) is 10.2 Å². The van der Waals surface area contributed by atoms with Gasteiger partial charge in [0.15, 0.2) is 0 Å². The van der Waals surface area contributed by atoms with Gasteiger partial charge >= 0.3 is 0 Å². The summed E-state index contributed by atoms with van der Waals surface area (Å²) in [5.41, 5.74) is 0.706. The molecule has 1 saturated heterocycles. The van der Waals surface area contributed by atoms with Gasteiger partial charge in [0.25, 0.3) is 0 Å². The predicted molar refractivity (Wildman–Crippen MR) is 70.7 cm³/mol. The molecule has 1 aromatic rings. The molecule has 2 N–H and O–H groups in total. The minimum Gasteiger partial charge on any atom is -0.387 e. The third-order valence-corrected chi connectivity index (χ3v) is 3.81. The van der Waals surface area contributed by atoms with Crippen molar-refractivity contribution in [3.8, 4) is 0 Å². The van der Waals surface area contributed by atoms with Crippen LogP contribution in [0, 0.1) is 0 Å². The number of aliphatic hydroxyl groups excluding tert-OH is 1. The Morgan fingerprint density at radius 1 is 1.29 bits per heavy atom. The van der Waals surface area contributed by atoms with Gasteiger partial charge in [-0.05, 0) is 6.07 Å². The molecule has 5 heteroatoms. The molecule has 1 fully saturated rings. The maximum atomic E-state index is 10.2. The van der Waals surface area contributed by atoms with E-state index in [0.29, 0.717) is 22.2 Å². The highest BCUT2D eigenvalue weighted by Gasteiger charge is 2.18. The average Bonchev–Trinajstić information content (AvgIpc) is 2.34. The van der Waals surface area contributed by atoms with Gasteiger partial charge in [0.1, 0.15) is 0 Å². The number of β-amino-alcohol motifs (C(OH)–C–C–N with tert-alkyl or cyclic N) is 1. The lowest BCUT2D eigenvalue weighted by atomic mass is 10.1. The third-order valence-electron chi connectivity index (χ3n) is 2.98. The number of aliphatic hydroxyl groups is 1. The van der Waals surface area contributed by atoms with E-state index in [4.69, 9.17) is 23.2 Å². The van der Waals surface area contributed by atoms with Crippen molar-refractivity contribution in [1.29, 1.82) is 0 Å². The summed E-state index contributed by atoms with van der Waals surface area (Å²) in [6.45, 7) is 4.44. The van der Waals surface area contributed by atoms with Crippen LogP contribution in [0.3, 0.4) is 0 Å². The molecule has 1 aliphatic rings. The van der Waals surface area contributed by atoms with Crippen LogP contribution in [0.25, 0.3) is 0 Å². The second-order valence-corrected chi connectivity index (χ2v) is 4.99. The molecule has 0 aromatic heterocycles. The van der Waals surface area contributed by atoms with E-state index in [1.807, 2.05) is 12.1 Å². The monoisotopic (exact) mass is 274 g/mol. The van der Waals surface area contributed by atoms with Gasteiger partial charge in [0, 0.05) is 38.3 Å².